The molecule has 1 fully saturated rings. The van der Waals surface area contributed by atoms with Gasteiger partial charge in [-0.05, 0) is 53.5 Å². The zero-order valence-corrected chi connectivity index (χ0v) is 18.8. The smallest absolute Gasteiger partial charge is 0.328 e. The average molecular weight is 391 g/mol. The van der Waals surface area contributed by atoms with E-state index in [0.29, 0.717) is 12.4 Å². The number of piperazine rings is 1. The lowest BCUT2D eigenvalue weighted by atomic mass is 9.77. The lowest BCUT2D eigenvalue weighted by Crippen LogP contribution is -2.53. The summed E-state index contributed by atoms with van der Waals surface area (Å²) >= 11 is 0. The van der Waals surface area contributed by atoms with Crippen molar-refractivity contribution in [3.05, 3.63) is 28.8 Å². The molecule has 2 N–H and O–H groups in total. The van der Waals surface area contributed by atoms with Crippen LogP contribution in [0.15, 0.2) is 12.1 Å². The minimum absolute atomic E-state index is 0.216. The van der Waals surface area contributed by atoms with Crippen LogP contribution in [0.25, 0.3) is 0 Å². The van der Waals surface area contributed by atoms with E-state index in [-0.39, 0.29) is 22.8 Å². The van der Waals surface area contributed by atoms with E-state index in [9.17, 15) is 9.90 Å². The number of hydrogen-bond acceptors (Lipinski definition) is 5. The number of hydrogen-bond donors (Lipinski definition) is 2. The third-order valence-corrected chi connectivity index (χ3v) is 5.46. The molecule has 1 saturated heterocycles. The molecule has 5 nitrogen and oxygen atoms in total. The van der Waals surface area contributed by atoms with Crippen LogP contribution in [-0.4, -0.2) is 48.3 Å². The Morgan fingerprint density at radius 1 is 1.21 bits per heavy atom. The zero-order chi connectivity index (χ0) is 21.3. The molecule has 1 heterocycles. The van der Waals surface area contributed by atoms with Gasteiger partial charge < -0.3 is 15.2 Å². The number of carbonyl (C=O) groups excluding carboxylic acids is 1. The minimum Gasteiger partial charge on any atom is -0.507 e. The van der Waals surface area contributed by atoms with Crippen molar-refractivity contribution in [3.63, 3.8) is 0 Å². The van der Waals surface area contributed by atoms with Crippen molar-refractivity contribution in [2.24, 2.45) is 0 Å². The summed E-state index contributed by atoms with van der Waals surface area (Å²) in [6.07, 6.45) is 0. The number of ether oxygens (including phenoxy) is 1. The van der Waals surface area contributed by atoms with Crippen LogP contribution in [0.4, 0.5) is 0 Å². The molecule has 0 radical (unpaired) electrons. The molecule has 0 bridgehead atoms. The number of phenolic OH excluding ortho intramolecular Hbond substituents is 1. The summed E-state index contributed by atoms with van der Waals surface area (Å²) in [7, 11) is 0. The van der Waals surface area contributed by atoms with Gasteiger partial charge >= 0.3 is 5.97 Å². The van der Waals surface area contributed by atoms with Crippen LogP contribution in [0.5, 0.6) is 5.75 Å². The van der Waals surface area contributed by atoms with E-state index in [1.165, 1.54) is 0 Å². The second kappa shape index (κ2) is 8.42. The van der Waals surface area contributed by atoms with Crippen LogP contribution >= 0.6 is 0 Å². The number of esters is 1. The van der Waals surface area contributed by atoms with E-state index >= 15 is 0 Å². The molecule has 1 aliphatic heterocycles. The van der Waals surface area contributed by atoms with Crippen molar-refractivity contribution in [2.45, 2.75) is 78.3 Å². The SMILES string of the molecule is CCOC(=O)C(c1cc(C(C)(C)C)c(O)c(C(C)(C)C)c1)N1CCNCC1C. The topological polar surface area (TPSA) is 61.8 Å². The molecule has 0 aliphatic carbocycles. The van der Waals surface area contributed by atoms with Gasteiger partial charge in [-0.15, -0.1) is 0 Å². The number of benzene rings is 1. The molecule has 0 amide bonds. The van der Waals surface area contributed by atoms with Crippen LogP contribution in [-0.2, 0) is 20.4 Å². The molecule has 0 saturated carbocycles. The minimum atomic E-state index is -0.472. The fourth-order valence-corrected chi connectivity index (χ4v) is 3.88. The molecule has 1 aromatic carbocycles. The fraction of sp³-hybridized carbons (Fsp3) is 0.696. The molecule has 1 aliphatic rings. The predicted molar refractivity (Wildman–Crippen MR) is 114 cm³/mol. The first-order valence-electron chi connectivity index (χ1n) is 10.4. The Labute approximate surface area is 170 Å². The highest BCUT2D eigenvalue weighted by molar-refractivity contribution is 5.78. The predicted octanol–water partition coefficient (Wildman–Crippen LogP) is 3.89. The molecule has 1 aromatic rings. The first-order valence-corrected chi connectivity index (χ1v) is 10.4. The number of aromatic hydroxyl groups is 1. The third kappa shape index (κ3) is 4.87. The second-order valence-corrected chi connectivity index (χ2v) is 9.91. The Morgan fingerprint density at radius 2 is 1.75 bits per heavy atom. The highest BCUT2D eigenvalue weighted by Crippen LogP contribution is 2.42. The van der Waals surface area contributed by atoms with Gasteiger partial charge in [-0.25, -0.2) is 4.79 Å². The van der Waals surface area contributed by atoms with Gasteiger partial charge in [-0.3, -0.25) is 4.90 Å². The Balaban J connectivity index is 2.69. The van der Waals surface area contributed by atoms with Crippen molar-refractivity contribution in [1.82, 2.24) is 10.2 Å². The normalized spacial score (nSPS) is 20.1. The number of rotatable bonds is 4. The molecular weight excluding hydrogens is 352 g/mol. The molecule has 2 atom stereocenters. The van der Waals surface area contributed by atoms with E-state index in [1.807, 2.05) is 19.1 Å². The number of nitrogens with zero attached hydrogens (tertiary/aromatic N) is 1. The maximum absolute atomic E-state index is 13.0. The summed E-state index contributed by atoms with van der Waals surface area (Å²) in [5, 5.41) is 14.4. The molecule has 0 spiro atoms. The number of carbonyl (C=O) groups is 1. The average Bonchev–Trinajstić information content (AvgIpc) is 2.56. The first kappa shape index (κ1) is 22.7. The van der Waals surface area contributed by atoms with Gasteiger partial charge in [0.25, 0.3) is 0 Å². The van der Waals surface area contributed by atoms with E-state index in [4.69, 9.17) is 4.74 Å². The summed E-state index contributed by atoms with van der Waals surface area (Å²) in [4.78, 5) is 15.3. The highest BCUT2D eigenvalue weighted by atomic mass is 16.5. The summed E-state index contributed by atoms with van der Waals surface area (Å²) in [5.41, 5.74) is 2.15. The number of nitrogens with one attached hydrogen (secondary N) is 1. The van der Waals surface area contributed by atoms with Gasteiger partial charge in [0.1, 0.15) is 11.8 Å². The van der Waals surface area contributed by atoms with Crippen LogP contribution in [0.3, 0.4) is 0 Å². The van der Waals surface area contributed by atoms with E-state index in [2.05, 4.69) is 58.7 Å². The van der Waals surface area contributed by atoms with E-state index < -0.39 is 6.04 Å². The van der Waals surface area contributed by atoms with Crippen LogP contribution in [0.1, 0.15) is 78.1 Å². The molecule has 158 valence electrons. The summed E-state index contributed by atoms with van der Waals surface area (Å²) in [6, 6.07) is 3.75. The van der Waals surface area contributed by atoms with Crippen molar-refractivity contribution in [3.8, 4) is 5.75 Å². The molecule has 5 heteroatoms. The third-order valence-electron chi connectivity index (χ3n) is 5.46. The Morgan fingerprint density at radius 3 is 2.18 bits per heavy atom. The lowest BCUT2D eigenvalue weighted by molar-refractivity contribution is -0.151. The zero-order valence-electron chi connectivity index (χ0n) is 18.8. The molecular formula is C23H38N2O3. The molecule has 0 aromatic heterocycles. The van der Waals surface area contributed by atoms with Crippen LogP contribution < -0.4 is 5.32 Å². The first-order chi connectivity index (χ1) is 12.9. The van der Waals surface area contributed by atoms with Gasteiger partial charge in [0.05, 0.1) is 6.61 Å². The second-order valence-electron chi connectivity index (χ2n) is 9.91. The van der Waals surface area contributed by atoms with Crippen molar-refractivity contribution >= 4 is 5.97 Å². The summed E-state index contributed by atoms with van der Waals surface area (Å²) in [6.45, 7) is 19.3. The highest BCUT2D eigenvalue weighted by Gasteiger charge is 2.36. The van der Waals surface area contributed by atoms with Gasteiger partial charge in [-0.2, -0.15) is 0 Å². The molecule has 2 rings (SSSR count). The Bertz CT molecular complexity index is 666. The molecule has 2 unspecified atom stereocenters. The Hall–Kier alpha value is -1.59. The van der Waals surface area contributed by atoms with Gasteiger partial charge in [-0.1, -0.05) is 41.5 Å². The largest absolute Gasteiger partial charge is 0.507 e. The monoisotopic (exact) mass is 390 g/mol. The van der Waals surface area contributed by atoms with Crippen LogP contribution in [0, 0.1) is 0 Å². The quantitative estimate of drug-likeness (QED) is 0.764. The van der Waals surface area contributed by atoms with Crippen molar-refractivity contribution in [1.29, 1.82) is 0 Å². The van der Waals surface area contributed by atoms with Crippen LogP contribution in [0.2, 0.25) is 0 Å². The molecule has 28 heavy (non-hydrogen) atoms. The van der Waals surface area contributed by atoms with Gasteiger partial charge in [0.2, 0.25) is 0 Å². The van der Waals surface area contributed by atoms with E-state index in [1.54, 1.807) is 0 Å². The maximum Gasteiger partial charge on any atom is 0.328 e. The van der Waals surface area contributed by atoms with Crippen molar-refractivity contribution in [2.75, 3.05) is 26.2 Å². The Kier molecular flexibility index (Phi) is 6.82. The summed E-state index contributed by atoms with van der Waals surface area (Å²) < 4.78 is 5.48. The summed E-state index contributed by atoms with van der Waals surface area (Å²) in [5.74, 6) is 0.112. The van der Waals surface area contributed by atoms with E-state index in [0.717, 1.165) is 36.3 Å². The lowest BCUT2D eigenvalue weighted by Gasteiger charge is -2.39. The van der Waals surface area contributed by atoms with Gasteiger partial charge in [0.15, 0.2) is 0 Å². The van der Waals surface area contributed by atoms with Gasteiger partial charge in [0, 0.05) is 25.7 Å². The fourth-order valence-electron chi connectivity index (χ4n) is 3.88. The number of phenols is 1. The van der Waals surface area contributed by atoms with Crippen molar-refractivity contribution < 1.29 is 14.6 Å². The standard InChI is InChI=1S/C23H38N2O3/c1-9-28-21(27)19(25-11-10-24-14-15(25)2)16-12-17(22(3,4)5)20(26)18(13-16)23(6,7)8/h12-13,15,19,24,26H,9-11,14H2,1-8H3. The maximum atomic E-state index is 13.0.